The van der Waals surface area contributed by atoms with Gasteiger partial charge in [-0.05, 0) is 38.0 Å². The Hall–Kier alpha value is -3.09. The number of hydrogen-bond donors (Lipinski definition) is 2. The number of aromatic nitrogens is 1. The Bertz CT molecular complexity index is 868. The number of H-pyrrole nitrogens is 1. The third-order valence-corrected chi connectivity index (χ3v) is 4.54. The van der Waals surface area contributed by atoms with Crippen LogP contribution in [0.25, 0.3) is 11.1 Å². The average molecular weight is 400 g/mol. The molecule has 0 fully saturated rings. The lowest BCUT2D eigenvalue weighted by Gasteiger charge is -2.09. The third kappa shape index (κ3) is 5.25. The maximum Gasteiger partial charge on any atom is 0.340 e. The Morgan fingerprint density at radius 1 is 1.07 bits per heavy atom. The van der Waals surface area contributed by atoms with Gasteiger partial charge >= 0.3 is 5.97 Å². The predicted molar refractivity (Wildman–Crippen MR) is 110 cm³/mol. The minimum Gasteiger partial charge on any atom is -0.497 e. The lowest BCUT2D eigenvalue weighted by atomic mass is 9.98. The lowest BCUT2D eigenvalue weighted by molar-refractivity contribution is -0.117. The van der Waals surface area contributed by atoms with Crippen LogP contribution in [0.4, 0.5) is 0 Å². The van der Waals surface area contributed by atoms with Crippen molar-refractivity contribution in [1.29, 1.82) is 0 Å². The molecule has 2 aromatic rings. The van der Waals surface area contributed by atoms with Crippen molar-refractivity contribution in [2.45, 2.75) is 40.0 Å². The summed E-state index contributed by atoms with van der Waals surface area (Å²) < 4.78 is 10.3. The molecule has 29 heavy (non-hydrogen) atoms. The standard InChI is InChI=1S/C22H28N2O5/c1-5-7-8-13-23-21(26)20(25)19-18(15-9-11-16(28-4)12-10-15)17(14(3)24-19)22(27)29-6-2/h9-12,24H,5-8,13H2,1-4H3,(H,23,26). The fourth-order valence-electron chi connectivity index (χ4n) is 3.07. The Labute approximate surface area is 170 Å². The van der Waals surface area contributed by atoms with E-state index in [4.69, 9.17) is 9.47 Å². The van der Waals surface area contributed by atoms with E-state index in [2.05, 4.69) is 17.2 Å². The average Bonchev–Trinajstić information content (AvgIpc) is 3.07. The Morgan fingerprint density at radius 2 is 1.76 bits per heavy atom. The van der Waals surface area contributed by atoms with Crippen molar-refractivity contribution in [3.63, 3.8) is 0 Å². The van der Waals surface area contributed by atoms with E-state index >= 15 is 0 Å². The van der Waals surface area contributed by atoms with Crippen LogP contribution >= 0.6 is 0 Å². The number of carbonyl (C=O) groups excluding carboxylic acids is 3. The number of benzene rings is 1. The number of ketones is 1. The van der Waals surface area contributed by atoms with Crippen molar-refractivity contribution in [3.8, 4) is 16.9 Å². The third-order valence-electron chi connectivity index (χ3n) is 4.54. The number of esters is 1. The zero-order valence-corrected chi connectivity index (χ0v) is 17.4. The molecule has 1 heterocycles. The first-order valence-corrected chi connectivity index (χ1v) is 9.81. The number of aromatic amines is 1. The van der Waals surface area contributed by atoms with Crippen LogP contribution in [-0.2, 0) is 9.53 Å². The molecule has 156 valence electrons. The van der Waals surface area contributed by atoms with E-state index in [-0.39, 0.29) is 17.9 Å². The van der Waals surface area contributed by atoms with Crippen LogP contribution in [0.15, 0.2) is 24.3 Å². The van der Waals surface area contributed by atoms with E-state index in [1.807, 2.05) is 0 Å². The molecule has 1 aromatic heterocycles. The van der Waals surface area contributed by atoms with Crippen molar-refractivity contribution >= 4 is 17.7 Å². The summed E-state index contributed by atoms with van der Waals surface area (Å²) in [5.41, 5.74) is 1.76. The maximum absolute atomic E-state index is 12.9. The molecule has 0 aliphatic carbocycles. The van der Waals surface area contributed by atoms with E-state index in [1.165, 1.54) is 0 Å². The SMILES string of the molecule is CCCCCNC(=O)C(=O)c1[nH]c(C)c(C(=O)OCC)c1-c1ccc(OC)cc1. The van der Waals surface area contributed by atoms with Gasteiger partial charge in [-0.15, -0.1) is 0 Å². The molecule has 2 N–H and O–H groups in total. The van der Waals surface area contributed by atoms with Gasteiger partial charge in [0.05, 0.1) is 19.3 Å². The molecule has 0 unspecified atom stereocenters. The largest absolute Gasteiger partial charge is 0.497 e. The summed E-state index contributed by atoms with van der Waals surface area (Å²) in [5.74, 6) is -1.33. The summed E-state index contributed by atoms with van der Waals surface area (Å²) in [6, 6.07) is 6.93. The number of Topliss-reactive ketones (excluding diaryl/α,β-unsaturated/α-hetero) is 1. The van der Waals surface area contributed by atoms with Crippen LogP contribution in [0, 0.1) is 6.92 Å². The zero-order chi connectivity index (χ0) is 21.4. The number of hydrogen-bond acceptors (Lipinski definition) is 5. The van der Waals surface area contributed by atoms with Crippen LogP contribution < -0.4 is 10.1 Å². The van der Waals surface area contributed by atoms with Gasteiger partial charge < -0.3 is 19.8 Å². The first-order valence-electron chi connectivity index (χ1n) is 9.81. The molecule has 7 heteroatoms. The van der Waals surface area contributed by atoms with Gasteiger partial charge in [-0.3, -0.25) is 9.59 Å². The molecule has 0 saturated carbocycles. The van der Waals surface area contributed by atoms with Gasteiger partial charge in [0.25, 0.3) is 11.7 Å². The van der Waals surface area contributed by atoms with Crippen LogP contribution in [0.5, 0.6) is 5.75 Å². The first-order chi connectivity index (χ1) is 13.9. The van der Waals surface area contributed by atoms with E-state index in [1.54, 1.807) is 45.2 Å². The van der Waals surface area contributed by atoms with E-state index in [9.17, 15) is 14.4 Å². The van der Waals surface area contributed by atoms with Crippen LogP contribution in [0.3, 0.4) is 0 Å². The summed E-state index contributed by atoms with van der Waals surface area (Å²) in [5, 5.41) is 2.65. The van der Waals surface area contributed by atoms with Gasteiger partial charge in [-0.2, -0.15) is 0 Å². The highest BCUT2D eigenvalue weighted by Gasteiger charge is 2.29. The highest BCUT2D eigenvalue weighted by molar-refractivity contribution is 6.43. The Morgan fingerprint density at radius 3 is 2.34 bits per heavy atom. The summed E-state index contributed by atoms with van der Waals surface area (Å²) in [6.07, 6.45) is 2.79. The summed E-state index contributed by atoms with van der Waals surface area (Å²) in [7, 11) is 1.55. The zero-order valence-electron chi connectivity index (χ0n) is 17.4. The fraction of sp³-hybridized carbons (Fsp3) is 0.409. The van der Waals surface area contributed by atoms with Gasteiger partial charge in [0.15, 0.2) is 0 Å². The monoisotopic (exact) mass is 400 g/mol. The van der Waals surface area contributed by atoms with Gasteiger partial charge in [-0.25, -0.2) is 4.79 Å². The molecular weight excluding hydrogens is 372 g/mol. The van der Waals surface area contributed by atoms with Crippen LogP contribution in [0.1, 0.15) is 59.7 Å². The highest BCUT2D eigenvalue weighted by Crippen LogP contribution is 2.32. The van der Waals surface area contributed by atoms with Crippen LogP contribution in [-0.4, -0.2) is 42.9 Å². The van der Waals surface area contributed by atoms with Crippen molar-refractivity contribution in [3.05, 3.63) is 41.2 Å². The normalized spacial score (nSPS) is 10.5. The summed E-state index contributed by atoms with van der Waals surface area (Å²) >= 11 is 0. The Balaban J connectivity index is 2.45. The number of amides is 1. The van der Waals surface area contributed by atoms with E-state index in [0.717, 1.165) is 19.3 Å². The summed E-state index contributed by atoms with van der Waals surface area (Å²) in [6.45, 7) is 6.08. The fourth-order valence-corrected chi connectivity index (χ4v) is 3.07. The second kappa shape index (κ2) is 10.5. The topological polar surface area (TPSA) is 97.5 Å². The number of nitrogens with one attached hydrogen (secondary N) is 2. The molecule has 0 atom stereocenters. The van der Waals surface area contributed by atoms with Gasteiger partial charge in [0.1, 0.15) is 11.4 Å². The van der Waals surface area contributed by atoms with Crippen molar-refractivity contribution in [2.75, 3.05) is 20.3 Å². The van der Waals surface area contributed by atoms with Crippen molar-refractivity contribution in [1.82, 2.24) is 10.3 Å². The van der Waals surface area contributed by atoms with Gasteiger partial charge in [0, 0.05) is 17.8 Å². The minimum absolute atomic E-state index is 0.0729. The predicted octanol–water partition coefficient (Wildman–Crippen LogP) is 3.66. The molecule has 0 saturated heterocycles. The molecule has 0 bridgehead atoms. The van der Waals surface area contributed by atoms with Crippen molar-refractivity contribution < 1.29 is 23.9 Å². The van der Waals surface area contributed by atoms with Crippen LogP contribution in [0.2, 0.25) is 0 Å². The number of rotatable bonds is 10. The Kier molecular flexibility index (Phi) is 8.00. The molecule has 2 rings (SSSR count). The number of ether oxygens (including phenoxy) is 2. The second-order valence-corrected chi connectivity index (χ2v) is 6.62. The van der Waals surface area contributed by atoms with Gasteiger partial charge in [-0.1, -0.05) is 31.9 Å². The van der Waals surface area contributed by atoms with Crippen molar-refractivity contribution in [2.24, 2.45) is 0 Å². The molecule has 1 aromatic carbocycles. The maximum atomic E-state index is 12.9. The number of aryl methyl sites for hydroxylation is 1. The lowest BCUT2D eigenvalue weighted by Crippen LogP contribution is -2.32. The molecule has 0 aliphatic heterocycles. The smallest absolute Gasteiger partial charge is 0.340 e. The number of carbonyl (C=O) groups is 3. The molecule has 0 spiro atoms. The van der Waals surface area contributed by atoms with Gasteiger partial charge in [0.2, 0.25) is 0 Å². The summed E-state index contributed by atoms with van der Waals surface area (Å²) in [4.78, 5) is 40.7. The van der Waals surface area contributed by atoms with E-state index in [0.29, 0.717) is 29.1 Å². The molecule has 0 aliphatic rings. The molecule has 1 amide bonds. The quantitative estimate of drug-likeness (QED) is 0.274. The minimum atomic E-state index is -0.717. The molecular formula is C22H28N2O5. The second-order valence-electron chi connectivity index (χ2n) is 6.62. The first kappa shape index (κ1) is 22.2. The number of methoxy groups -OCH3 is 1. The highest BCUT2D eigenvalue weighted by atomic mass is 16.5. The molecule has 7 nitrogen and oxygen atoms in total. The number of unbranched alkanes of at least 4 members (excludes halogenated alkanes) is 2. The van der Waals surface area contributed by atoms with E-state index < -0.39 is 17.7 Å². The molecule has 0 radical (unpaired) electrons.